The molecule has 0 aliphatic heterocycles. The van der Waals surface area contributed by atoms with E-state index in [1.165, 1.54) is 36.4 Å². The number of aromatic nitrogens is 2. The zero-order chi connectivity index (χ0) is 38.2. The predicted octanol–water partition coefficient (Wildman–Crippen LogP) is 2.44. The van der Waals surface area contributed by atoms with Crippen molar-refractivity contribution in [2.45, 2.75) is 9.79 Å². The maximum Gasteiger partial charge on any atom is 1.00 e. The molecule has 17 nitrogen and oxygen atoms in total. The third-order valence-corrected chi connectivity index (χ3v) is 9.58. The Hall–Kier alpha value is -4.93. The molecule has 0 saturated carbocycles. The van der Waals surface area contributed by atoms with Crippen LogP contribution in [0.2, 0.25) is 0 Å². The van der Waals surface area contributed by atoms with Gasteiger partial charge in [-0.05, 0) is 96.4 Å². The van der Waals surface area contributed by atoms with Crippen LogP contribution in [-0.4, -0.2) is 46.1 Å². The van der Waals surface area contributed by atoms with Crippen LogP contribution in [-0.2, 0) is 20.2 Å². The molecule has 7 aromatic rings. The van der Waals surface area contributed by atoms with Gasteiger partial charge in [-0.25, -0.2) is 21.8 Å². The van der Waals surface area contributed by atoms with E-state index in [0.29, 0.717) is 28.3 Å². The Kier molecular flexibility index (Phi) is 12.9. The van der Waals surface area contributed by atoms with Gasteiger partial charge in [-0.1, -0.05) is 18.2 Å². The molecule has 0 saturated heterocycles. The van der Waals surface area contributed by atoms with Gasteiger partial charge in [0.05, 0.1) is 54.6 Å². The topological polar surface area (TPSA) is 284 Å². The molecule has 0 spiro atoms. The summed E-state index contributed by atoms with van der Waals surface area (Å²) in [5.74, 6) is -0.296. The van der Waals surface area contributed by atoms with Gasteiger partial charge in [0.25, 0.3) is 0 Å². The number of nitrogens with zero attached hydrogens (tertiary/aromatic N) is 7. The second kappa shape index (κ2) is 17.1. The fraction of sp³-hybridized carbons (Fsp3) is 0. The fourth-order valence-corrected chi connectivity index (χ4v) is 6.62. The Labute approximate surface area is 362 Å². The van der Waals surface area contributed by atoms with E-state index in [4.69, 9.17) is 5.73 Å². The van der Waals surface area contributed by atoms with Crippen molar-refractivity contribution < 1.29 is 95.3 Å². The SMILES string of the molecule is Nc1c(N=Nc2ccc(-c3nc4cc(N=Nc5ccc(O)cc5)ccc4[nH]3)cc2)c(S(=O)(=O)[O-])cc2cc(S(=O)(=O)[O-])c(N=Nc3ccccc3)c(O)c12.[Na+].[Na+]. The molecule has 0 radical (unpaired) electrons. The number of nitrogens with two attached hydrogens (primary N) is 1. The molecule has 5 N–H and O–H groups in total. The number of anilines is 1. The van der Waals surface area contributed by atoms with E-state index in [1.807, 2.05) is 0 Å². The van der Waals surface area contributed by atoms with E-state index >= 15 is 0 Å². The normalized spacial score (nSPS) is 12.1. The third-order valence-electron chi connectivity index (χ3n) is 7.88. The first-order valence-corrected chi connectivity index (χ1v) is 18.3. The molecular weight excluding hydrogens is 785 g/mol. The van der Waals surface area contributed by atoms with E-state index in [0.717, 1.165) is 17.6 Å². The van der Waals surface area contributed by atoms with Crippen molar-refractivity contribution in [1.29, 1.82) is 0 Å². The van der Waals surface area contributed by atoms with Crippen LogP contribution in [0.1, 0.15) is 0 Å². The standard InChI is InChI=1S/C35H25N9O8S2.2Na/c36-31-30-20(17-29(54(50,51)52)33(34(30)46)44-40-21-4-2-1-3-5-21)16-28(53(47,48)49)32(31)43-41-22-8-6-19(7-9-22)35-37-26-15-12-24(18-27(26)38-35)42-39-23-10-13-25(45)14-11-23;;/h1-18,45-46H,36H2,(H,37,38)(H,47,48,49)(H,50,51,52);;/q;2*+1/p-2. The number of phenolic OH excluding ortho intramolecular Hbond substituents is 2. The van der Waals surface area contributed by atoms with Crippen LogP contribution in [0.25, 0.3) is 33.2 Å². The molecule has 1 aromatic heterocycles. The van der Waals surface area contributed by atoms with Crippen molar-refractivity contribution in [3.05, 3.63) is 109 Å². The summed E-state index contributed by atoms with van der Waals surface area (Å²) < 4.78 is 73.6. The summed E-state index contributed by atoms with van der Waals surface area (Å²) in [6.45, 7) is 0. The zero-order valence-electron chi connectivity index (χ0n) is 29.3. The molecular formula is C35H23N9Na2O8S2. The van der Waals surface area contributed by atoms with Crippen LogP contribution in [0, 0.1) is 0 Å². The molecule has 270 valence electrons. The summed E-state index contributed by atoms with van der Waals surface area (Å²) in [5.41, 5.74) is 7.86. The van der Waals surface area contributed by atoms with Crippen molar-refractivity contribution in [3.63, 3.8) is 0 Å². The zero-order valence-corrected chi connectivity index (χ0v) is 34.9. The number of aromatic hydroxyl groups is 2. The molecule has 0 aliphatic carbocycles. The van der Waals surface area contributed by atoms with E-state index in [9.17, 15) is 36.2 Å². The van der Waals surface area contributed by atoms with E-state index in [1.54, 1.807) is 60.7 Å². The molecule has 0 amide bonds. The molecule has 0 fully saturated rings. The Morgan fingerprint density at radius 3 is 1.71 bits per heavy atom. The minimum atomic E-state index is -5.32. The van der Waals surface area contributed by atoms with Crippen molar-refractivity contribution in [2.75, 3.05) is 5.73 Å². The summed E-state index contributed by atoms with van der Waals surface area (Å²) in [6, 6.07) is 27.4. The van der Waals surface area contributed by atoms with Gasteiger partial charge < -0.3 is 30.0 Å². The average molecular weight is 808 g/mol. The van der Waals surface area contributed by atoms with E-state index < -0.39 is 52.8 Å². The van der Waals surface area contributed by atoms with Gasteiger partial charge in [-0.2, -0.15) is 20.5 Å². The van der Waals surface area contributed by atoms with Crippen molar-refractivity contribution in [3.8, 4) is 22.9 Å². The number of H-pyrrole nitrogens is 1. The number of nitrogen functional groups attached to an aromatic ring is 1. The fourth-order valence-electron chi connectivity index (χ4n) is 5.32. The molecule has 0 bridgehead atoms. The van der Waals surface area contributed by atoms with Crippen molar-refractivity contribution in [1.82, 2.24) is 9.97 Å². The number of rotatable bonds is 9. The Morgan fingerprint density at radius 1 is 0.607 bits per heavy atom. The second-order valence-corrected chi connectivity index (χ2v) is 14.2. The largest absolute Gasteiger partial charge is 1.00 e. The first kappa shape index (κ1) is 42.2. The molecule has 56 heavy (non-hydrogen) atoms. The molecule has 6 aromatic carbocycles. The smallest absolute Gasteiger partial charge is 0.744 e. The van der Waals surface area contributed by atoms with Gasteiger partial charge >= 0.3 is 59.1 Å². The van der Waals surface area contributed by atoms with Gasteiger partial charge in [0.15, 0.2) is 5.75 Å². The number of phenols is 2. The molecule has 0 atom stereocenters. The Morgan fingerprint density at radius 2 is 1.11 bits per heavy atom. The first-order valence-electron chi connectivity index (χ1n) is 15.5. The number of imidazole rings is 1. The molecule has 0 aliphatic rings. The van der Waals surface area contributed by atoms with Crippen LogP contribution >= 0.6 is 0 Å². The van der Waals surface area contributed by atoms with Crippen molar-refractivity contribution in [2.24, 2.45) is 30.7 Å². The second-order valence-electron chi connectivity index (χ2n) is 11.5. The quantitative estimate of drug-likeness (QED) is 0.0715. The summed E-state index contributed by atoms with van der Waals surface area (Å²) in [7, 11) is -10.6. The number of hydrogen-bond donors (Lipinski definition) is 4. The molecule has 0 unspecified atom stereocenters. The average Bonchev–Trinajstić information content (AvgIpc) is 3.57. The number of nitrogens with one attached hydrogen (secondary N) is 1. The van der Waals surface area contributed by atoms with Gasteiger partial charge in [0.1, 0.15) is 43.2 Å². The Bertz CT molecular complexity index is 2910. The number of fused-ring (bicyclic) bond motifs is 2. The van der Waals surface area contributed by atoms with Gasteiger partial charge in [-0.3, -0.25) is 0 Å². The van der Waals surface area contributed by atoms with E-state index in [-0.39, 0.29) is 87.0 Å². The van der Waals surface area contributed by atoms with Crippen LogP contribution < -0.4 is 64.8 Å². The van der Waals surface area contributed by atoms with Crippen molar-refractivity contribution >= 4 is 81.9 Å². The van der Waals surface area contributed by atoms with Gasteiger partial charge in [-0.15, -0.1) is 10.2 Å². The summed E-state index contributed by atoms with van der Waals surface area (Å²) in [5, 5.41) is 43.9. The molecule has 7 rings (SSSR count). The first-order chi connectivity index (χ1) is 25.7. The van der Waals surface area contributed by atoms with E-state index in [2.05, 4.69) is 40.7 Å². The van der Waals surface area contributed by atoms with Gasteiger partial charge in [0.2, 0.25) is 0 Å². The number of benzene rings is 6. The summed E-state index contributed by atoms with van der Waals surface area (Å²) in [4.78, 5) is 5.82. The summed E-state index contributed by atoms with van der Waals surface area (Å²) >= 11 is 0. The third kappa shape index (κ3) is 9.19. The summed E-state index contributed by atoms with van der Waals surface area (Å²) in [6.07, 6.45) is 0. The predicted molar refractivity (Wildman–Crippen MR) is 195 cm³/mol. The van der Waals surface area contributed by atoms with Crippen LogP contribution in [0.15, 0.2) is 150 Å². The molecule has 21 heteroatoms. The number of azo groups is 3. The minimum Gasteiger partial charge on any atom is -0.744 e. The maximum atomic E-state index is 12.3. The minimum absolute atomic E-state index is 0. The number of aromatic amines is 1. The van der Waals surface area contributed by atoms with Gasteiger partial charge in [0, 0.05) is 5.56 Å². The maximum absolute atomic E-state index is 12.3. The molecule has 1 heterocycles. The monoisotopic (exact) mass is 807 g/mol. The van der Waals surface area contributed by atoms with Crippen LogP contribution in [0.5, 0.6) is 11.5 Å². The van der Waals surface area contributed by atoms with Crippen LogP contribution in [0.3, 0.4) is 0 Å². The number of hydrogen-bond acceptors (Lipinski definition) is 16. The van der Waals surface area contributed by atoms with Crippen LogP contribution in [0.4, 0.5) is 39.8 Å². The Balaban J connectivity index is 0.00000300.